The number of nitriles is 1. The minimum Gasteiger partial charge on any atom is -0.378 e. The largest absolute Gasteiger partial charge is 0.378 e. The fourth-order valence-electron chi connectivity index (χ4n) is 1.24. The van der Waals surface area contributed by atoms with Crippen molar-refractivity contribution in [3.05, 3.63) is 35.4 Å². The van der Waals surface area contributed by atoms with Crippen molar-refractivity contribution in [2.45, 2.75) is 6.61 Å². The van der Waals surface area contributed by atoms with E-state index in [0.29, 0.717) is 38.5 Å². The third-order valence-electron chi connectivity index (χ3n) is 2.03. The van der Waals surface area contributed by atoms with Crippen LogP contribution in [0.2, 0.25) is 0 Å². The van der Waals surface area contributed by atoms with Gasteiger partial charge in [0.2, 0.25) is 0 Å². The lowest BCUT2D eigenvalue weighted by Crippen LogP contribution is -2.12. The van der Waals surface area contributed by atoms with Gasteiger partial charge in [0.25, 0.3) is 0 Å². The van der Waals surface area contributed by atoms with E-state index in [1.165, 1.54) is 0 Å². The van der Waals surface area contributed by atoms with Gasteiger partial charge in [-0.25, -0.2) is 0 Å². The predicted molar refractivity (Wildman–Crippen MR) is 60.7 cm³/mol. The molecule has 16 heavy (non-hydrogen) atoms. The summed E-state index contributed by atoms with van der Waals surface area (Å²) < 4.78 is 10.6. The summed E-state index contributed by atoms with van der Waals surface area (Å²) in [4.78, 5) is 0. The Morgan fingerprint density at radius 3 is 2.62 bits per heavy atom. The van der Waals surface area contributed by atoms with Gasteiger partial charge < -0.3 is 15.2 Å². The van der Waals surface area contributed by atoms with Gasteiger partial charge in [0, 0.05) is 6.54 Å². The number of hydrogen-bond acceptors (Lipinski definition) is 4. The predicted octanol–water partition coefficient (Wildman–Crippen LogP) is 1.05. The summed E-state index contributed by atoms with van der Waals surface area (Å²) in [5.41, 5.74) is 6.83. The molecule has 1 rings (SSSR count). The maximum atomic E-state index is 8.85. The Morgan fingerprint density at radius 2 is 1.88 bits per heavy atom. The minimum absolute atomic E-state index is 0.440. The van der Waals surface area contributed by atoms with Gasteiger partial charge in [0.05, 0.1) is 38.1 Å². The topological polar surface area (TPSA) is 68.3 Å². The molecule has 0 aliphatic heterocycles. The first-order valence-corrected chi connectivity index (χ1v) is 5.22. The van der Waals surface area contributed by atoms with Crippen LogP contribution in [0, 0.1) is 11.3 Å². The van der Waals surface area contributed by atoms with Crippen LogP contribution >= 0.6 is 0 Å². The SMILES string of the molecule is N#Cc1ccccc1COCCOCCN. The zero-order valence-electron chi connectivity index (χ0n) is 9.19. The van der Waals surface area contributed by atoms with Gasteiger partial charge in [-0.2, -0.15) is 5.26 Å². The van der Waals surface area contributed by atoms with Crippen molar-refractivity contribution in [2.75, 3.05) is 26.4 Å². The van der Waals surface area contributed by atoms with Crippen LogP contribution in [-0.4, -0.2) is 26.4 Å². The molecule has 0 saturated heterocycles. The van der Waals surface area contributed by atoms with E-state index in [1.807, 2.05) is 18.2 Å². The van der Waals surface area contributed by atoms with Crippen LogP contribution in [0.15, 0.2) is 24.3 Å². The van der Waals surface area contributed by atoms with Gasteiger partial charge in [0.15, 0.2) is 0 Å². The van der Waals surface area contributed by atoms with E-state index >= 15 is 0 Å². The second-order valence-electron chi connectivity index (χ2n) is 3.22. The van der Waals surface area contributed by atoms with E-state index in [9.17, 15) is 0 Å². The number of nitrogens with two attached hydrogens (primary N) is 1. The van der Waals surface area contributed by atoms with E-state index < -0.39 is 0 Å². The quantitative estimate of drug-likeness (QED) is 0.697. The fourth-order valence-corrected chi connectivity index (χ4v) is 1.24. The molecule has 0 atom stereocenters. The first kappa shape index (κ1) is 12.7. The zero-order valence-corrected chi connectivity index (χ0v) is 9.19. The van der Waals surface area contributed by atoms with Gasteiger partial charge in [-0.1, -0.05) is 18.2 Å². The Balaban J connectivity index is 2.24. The molecular formula is C12H16N2O2. The van der Waals surface area contributed by atoms with Gasteiger partial charge in [-0.3, -0.25) is 0 Å². The molecule has 0 unspecified atom stereocenters. The Labute approximate surface area is 95.6 Å². The van der Waals surface area contributed by atoms with Crippen LogP contribution in [0.3, 0.4) is 0 Å². The van der Waals surface area contributed by atoms with Crippen LogP contribution in [0.4, 0.5) is 0 Å². The number of benzene rings is 1. The third-order valence-corrected chi connectivity index (χ3v) is 2.03. The molecular weight excluding hydrogens is 204 g/mol. The normalized spacial score (nSPS) is 10.0. The van der Waals surface area contributed by atoms with Gasteiger partial charge in [0.1, 0.15) is 0 Å². The smallest absolute Gasteiger partial charge is 0.0995 e. The second-order valence-corrected chi connectivity index (χ2v) is 3.22. The lowest BCUT2D eigenvalue weighted by Gasteiger charge is -2.06. The molecule has 0 fully saturated rings. The zero-order chi connectivity index (χ0) is 11.6. The highest BCUT2D eigenvalue weighted by molar-refractivity contribution is 5.36. The highest BCUT2D eigenvalue weighted by Crippen LogP contribution is 2.08. The minimum atomic E-state index is 0.440. The average molecular weight is 220 g/mol. The molecule has 4 nitrogen and oxygen atoms in total. The number of ether oxygens (including phenoxy) is 2. The molecule has 0 aliphatic carbocycles. The number of rotatable bonds is 7. The molecule has 0 bridgehead atoms. The molecule has 0 aliphatic rings. The maximum Gasteiger partial charge on any atom is 0.0995 e. The Bertz CT molecular complexity index is 347. The van der Waals surface area contributed by atoms with E-state index in [-0.39, 0.29) is 0 Å². The molecule has 4 heteroatoms. The molecule has 1 aromatic rings. The fraction of sp³-hybridized carbons (Fsp3) is 0.417. The molecule has 0 amide bonds. The lowest BCUT2D eigenvalue weighted by molar-refractivity contribution is 0.0433. The molecule has 0 heterocycles. The van der Waals surface area contributed by atoms with E-state index in [0.717, 1.165) is 5.56 Å². The summed E-state index contributed by atoms with van der Waals surface area (Å²) in [6.45, 7) is 2.57. The van der Waals surface area contributed by atoms with Crippen molar-refractivity contribution in [1.29, 1.82) is 5.26 Å². The number of hydrogen-bond donors (Lipinski definition) is 1. The summed E-state index contributed by atoms with van der Waals surface area (Å²) >= 11 is 0. The van der Waals surface area contributed by atoms with Crippen molar-refractivity contribution in [1.82, 2.24) is 0 Å². The summed E-state index contributed by atoms with van der Waals surface area (Å²) in [7, 11) is 0. The van der Waals surface area contributed by atoms with Crippen LogP contribution in [0.5, 0.6) is 0 Å². The number of nitrogens with zero attached hydrogens (tertiary/aromatic N) is 1. The highest BCUT2D eigenvalue weighted by atomic mass is 16.5. The van der Waals surface area contributed by atoms with Crippen LogP contribution in [0.1, 0.15) is 11.1 Å². The first-order chi connectivity index (χ1) is 7.88. The Hall–Kier alpha value is -1.41. The van der Waals surface area contributed by atoms with Crippen molar-refractivity contribution < 1.29 is 9.47 Å². The maximum absolute atomic E-state index is 8.85. The second kappa shape index (κ2) is 7.83. The standard InChI is InChI=1S/C12H16N2O2/c13-5-6-15-7-8-16-10-12-4-2-1-3-11(12)9-14/h1-4H,5-8,10,13H2. The van der Waals surface area contributed by atoms with Crippen LogP contribution in [-0.2, 0) is 16.1 Å². The third kappa shape index (κ3) is 4.41. The molecule has 1 aromatic carbocycles. The van der Waals surface area contributed by atoms with Crippen molar-refractivity contribution in [2.24, 2.45) is 5.73 Å². The Morgan fingerprint density at radius 1 is 1.12 bits per heavy atom. The molecule has 0 spiro atoms. The highest BCUT2D eigenvalue weighted by Gasteiger charge is 1.99. The Kier molecular flexibility index (Phi) is 6.19. The lowest BCUT2D eigenvalue weighted by atomic mass is 10.1. The van der Waals surface area contributed by atoms with Gasteiger partial charge in [-0.05, 0) is 11.6 Å². The molecule has 0 radical (unpaired) electrons. The van der Waals surface area contributed by atoms with Crippen LogP contribution < -0.4 is 5.73 Å². The molecule has 0 saturated carbocycles. The first-order valence-electron chi connectivity index (χ1n) is 5.22. The molecule has 0 aromatic heterocycles. The molecule has 86 valence electrons. The summed E-state index contributed by atoms with van der Waals surface area (Å²) in [5, 5.41) is 8.85. The van der Waals surface area contributed by atoms with Crippen molar-refractivity contribution >= 4 is 0 Å². The van der Waals surface area contributed by atoms with E-state index in [2.05, 4.69) is 6.07 Å². The summed E-state index contributed by atoms with van der Waals surface area (Å²) in [6.07, 6.45) is 0. The van der Waals surface area contributed by atoms with Gasteiger partial charge >= 0.3 is 0 Å². The van der Waals surface area contributed by atoms with E-state index in [1.54, 1.807) is 6.07 Å². The molecule has 2 N–H and O–H groups in total. The van der Waals surface area contributed by atoms with Crippen LogP contribution in [0.25, 0.3) is 0 Å². The monoisotopic (exact) mass is 220 g/mol. The summed E-state index contributed by atoms with van der Waals surface area (Å²) in [6, 6.07) is 9.53. The summed E-state index contributed by atoms with van der Waals surface area (Å²) in [5.74, 6) is 0. The van der Waals surface area contributed by atoms with Gasteiger partial charge in [-0.15, -0.1) is 0 Å². The van der Waals surface area contributed by atoms with Crippen molar-refractivity contribution in [3.63, 3.8) is 0 Å². The van der Waals surface area contributed by atoms with Crippen molar-refractivity contribution in [3.8, 4) is 6.07 Å². The van der Waals surface area contributed by atoms with E-state index in [4.69, 9.17) is 20.5 Å². The average Bonchev–Trinajstić information content (AvgIpc) is 2.34.